The summed E-state index contributed by atoms with van der Waals surface area (Å²) >= 11 is 0. The monoisotopic (exact) mass is 221 g/mol. The standard InChI is InChI=1S/C11H19N5/c1-7(8-4-2-3-5-8)14-10-6-9(12)15-11(13)16-10/h6-8H,2-5H2,1H3,(H5,12,13,14,15,16). The summed E-state index contributed by atoms with van der Waals surface area (Å²) in [5.41, 5.74) is 11.2. The Morgan fingerprint density at radius 3 is 2.62 bits per heavy atom. The maximum absolute atomic E-state index is 5.62. The van der Waals surface area contributed by atoms with Crippen LogP contribution in [0, 0.1) is 5.92 Å². The van der Waals surface area contributed by atoms with Crippen LogP contribution in [-0.2, 0) is 0 Å². The highest BCUT2D eigenvalue weighted by Crippen LogP contribution is 2.29. The number of nitrogens with zero attached hydrogens (tertiary/aromatic N) is 2. The van der Waals surface area contributed by atoms with E-state index in [-0.39, 0.29) is 5.95 Å². The van der Waals surface area contributed by atoms with Crippen molar-refractivity contribution in [2.45, 2.75) is 38.6 Å². The van der Waals surface area contributed by atoms with Gasteiger partial charge in [0.15, 0.2) is 0 Å². The maximum atomic E-state index is 5.62. The molecule has 1 atom stereocenters. The summed E-state index contributed by atoms with van der Waals surface area (Å²) < 4.78 is 0. The SMILES string of the molecule is CC(Nc1cc(N)nc(N)n1)C1CCCC1. The first kappa shape index (κ1) is 11.0. The van der Waals surface area contributed by atoms with E-state index in [0.717, 1.165) is 11.7 Å². The van der Waals surface area contributed by atoms with Gasteiger partial charge in [-0.1, -0.05) is 12.8 Å². The molecule has 0 radical (unpaired) electrons. The van der Waals surface area contributed by atoms with Crippen molar-refractivity contribution >= 4 is 17.6 Å². The highest BCUT2D eigenvalue weighted by atomic mass is 15.1. The molecule has 5 nitrogen and oxygen atoms in total. The van der Waals surface area contributed by atoms with Crippen molar-refractivity contribution in [2.75, 3.05) is 16.8 Å². The van der Waals surface area contributed by atoms with Crippen LogP contribution in [-0.4, -0.2) is 16.0 Å². The Bertz CT molecular complexity index is 339. The third-order valence-electron chi connectivity index (χ3n) is 3.25. The van der Waals surface area contributed by atoms with E-state index in [2.05, 4.69) is 22.2 Å². The molecule has 0 saturated heterocycles. The van der Waals surface area contributed by atoms with E-state index in [1.54, 1.807) is 6.07 Å². The molecule has 1 saturated carbocycles. The molecule has 0 bridgehead atoms. The van der Waals surface area contributed by atoms with Crippen molar-refractivity contribution in [2.24, 2.45) is 5.92 Å². The molecule has 1 aliphatic rings. The lowest BCUT2D eigenvalue weighted by molar-refractivity contribution is 0.481. The van der Waals surface area contributed by atoms with Crippen LogP contribution in [0.5, 0.6) is 0 Å². The number of rotatable bonds is 3. The van der Waals surface area contributed by atoms with Crippen molar-refractivity contribution in [3.8, 4) is 0 Å². The number of nitrogens with one attached hydrogen (secondary N) is 1. The summed E-state index contributed by atoms with van der Waals surface area (Å²) in [6.07, 6.45) is 5.27. The summed E-state index contributed by atoms with van der Waals surface area (Å²) in [5.74, 6) is 2.09. The van der Waals surface area contributed by atoms with Gasteiger partial charge in [-0.05, 0) is 25.7 Å². The molecule has 0 amide bonds. The Hall–Kier alpha value is -1.52. The van der Waals surface area contributed by atoms with Crippen LogP contribution in [0.15, 0.2) is 6.07 Å². The summed E-state index contributed by atoms with van der Waals surface area (Å²) in [7, 11) is 0. The molecule has 1 unspecified atom stereocenters. The van der Waals surface area contributed by atoms with Gasteiger partial charge in [0, 0.05) is 12.1 Å². The zero-order valence-corrected chi connectivity index (χ0v) is 9.61. The molecule has 1 aromatic rings. The predicted molar refractivity (Wildman–Crippen MR) is 65.9 cm³/mol. The van der Waals surface area contributed by atoms with Gasteiger partial charge in [-0.15, -0.1) is 0 Å². The zero-order valence-electron chi connectivity index (χ0n) is 9.61. The van der Waals surface area contributed by atoms with Crippen LogP contribution in [0.1, 0.15) is 32.6 Å². The first-order valence-electron chi connectivity index (χ1n) is 5.81. The second-order valence-electron chi connectivity index (χ2n) is 4.51. The molecule has 1 fully saturated rings. The van der Waals surface area contributed by atoms with Gasteiger partial charge in [-0.25, -0.2) is 0 Å². The number of hydrogen-bond acceptors (Lipinski definition) is 5. The van der Waals surface area contributed by atoms with Crippen LogP contribution in [0.3, 0.4) is 0 Å². The number of anilines is 3. The Morgan fingerprint density at radius 2 is 2.00 bits per heavy atom. The van der Waals surface area contributed by atoms with Gasteiger partial charge in [0.05, 0.1) is 0 Å². The second-order valence-corrected chi connectivity index (χ2v) is 4.51. The topological polar surface area (TPSA) is 89.8 Å². The number of hydrogen-bond donors (Lipinski definition) is 3. The largest absolute Gasteiger partial charge is 0.383 e. The molecule has 1 aromatic heterocycles. The fourth-order valence-electron chi connectivity index (χ4n) is 2.37. The fourth-order valence-corrected chi connectivity index (χ4v) is 2.37. The number of aromatic nitrogens is 2. The van der Waals surface area contributed by atoms with E-state index in [1.807, 2.05) is 0 Å². The fraction of sp³-hybridized carbons (Fsp3) is 0.636. The first-order chi connectivity index (χ1) is 7.65. The van der Waals surface area contributed by atoms with E-state index in [4.69, 9.17) is 11.5 Å². The third kappa shape index (κ3) is 2.53. The molecule has 0 aliphatic heterocycles. The molecular weight excluding hydrogens is 202 g/mol. The minimum absolute atomic E-state index is 0.223. The second kappa shape index (κ2) is 4.55. The highest BCUT2D eigenvalue weighted by Gasteiger charge is 2.21. The summed E-state index contributed by atoms with van der Waals surface area (Å²) in [4.78, 5) is 7.96. The van der Waals surface area contributed by atoms with Crippen LogP contribution < -0.4 is 16.8 Å². The molecule has 1 heterocycles. The summed E-state index contributed by atoms with van der Waals surface area (Å²) in [6, 6.07) is 2.14. The molecule has 2 rings (SSSR count). The third-order valence-corrected chi connectivity index (χ3v) is 3.25. The summed E-state index contributed by atoms with van der Waals surface area (Å²) in [6.45, 7) is 2.18. The number of nitrogen functional groups attached to an aromatic ring is 2. The zero-order chi connectivity index (χ0) is 11.5. The van der Waals surface area contributed by atoms with Crippen LogP contribution >= 0.6 is 0 Å². The average molecular weight is 221 g/mol. The van der Waals surface area contributed by atoms with Crippen molar-refractivity contribution < 1.29 is 0 Å². The average Bonchev–Trinajstić information content (AvgIpc) is 2.68. The Balaban J connectivity index is 2.02. The molecule has 16 heavy (non-hydrogen) atoms. The van der Waals surface area contributed by atoms with Crippen molar-refractivity contribution in [1.29, 1.82) is 0 Å². The maximum Gasteiger partial charge on any atom is 0.223 e. The Labute approximate surface area is 95.6 Å². The van der Waals surface area contributed by atoms with Crippen LogP contribution in [0.25, 0.3) is 0 Å². The lowest BCUT2D eigenvalue weighted by Crippen LogP contribution is -2.24. The Kier molecular flexibility index (Phi) is 3.12. The lowest BCUT2D eigenvalue weighted by Gasteiger charge is -2.20. The minimum atomic E-state index is 0.223. The van der Waals surface area contributed by atoms with Gasteiger partial charge in [-0.3, -0.25) is 0 Å². The minimum Gasteiger partial charge on any atom is -0.383 e. The molecule has 0 aromatic carbocycles. The molecule has 88 valence electrons. The normalized spacial score (nSPS) is 18.6. The van der Waals surface area contributed by atoms with Crippen molar-refractivity contribution in [3.63, 3.8) is 0 Å². The molecule has 5 N–H and O–H groups in total. The van der Waals surface area contributed by atoms with E-state index in [1.165, 1.54) is 25.7 Å². The van der Waals surface area contributed by atoms with Crippen molar-refractivity contribution in [1.82, 2.24) is 9.97 Å². The van der Waals surface area contributed by atoms with Gasteiger partial charge in [0.2, 0.25) is 5.95 Å². The first-order valence-corrected chi connectivity index (χ1v) is 5.81. The van der Waals surface area contributed by atoms with Crippen LogP contribution in [0.2, 0.25) is 0 Å². The molecule has 0 spiro atoms. The molecule has 1 aliphatic carbocycles. The molecule has 5 heteroatoms. The smallest absolute Gasteiger partial charge is 0.223 e. The van der Waals surface area contributed by atoms with Gasteiger partial charge in [-0.2, -0.15) is 9.97 Å². The van der Waals surface area contributed by atoms with Gasteiger partial charge >= 0.3 is 0 Å². The van der Waals surface area contributed by atoms with E-state index >= 15 is 0 Å². The number of nitrogens with two attached hydrogens (primary N) is 2. The van der Waals surface area contributed by atoms with E-state index in [0.29, 0.717) is 11.9 Å². The highest BCUT2D eigenvalue weighted by molar-refractivity contribution is 5.48. The van der Waals surface area contributed by atoms with Gasteiger partial charge in [0.25, 0.3) is 0 Å². The quantitative estimate of drug-likeness (QED) is 0.721. The molecular formula is C11H19N5. The van der Waals surface area contributed by atoms with Gasteiger partial charge in [0.1, 0.15) is 11.6 Å². The predicted octanol–water partition coefficient (Wildman–Crippen LogP) is 1.63. The van der Waals surface area contributed by atoms with Gasteiger partial charge < -0.3 is 16.8 Å². The lowest BCUT2D eigenvalue weighted by atomic mass is 10.00. The summed E-state index contributed by atoms with van der Waals surface area (Å²) in [5, 5.41) is 3.35. The van der Waals surface area contributed by atoms with E-state index < -0.39 is 0 Å². The van der Waals surface area contributed by atoms with Crippen molar-refractivity contribution in [3.05, 3.63) is 6.07 Å². The van der Waals surface area contributed by atoms with E-state index in [9.17, 15) is 0 Å². The van der Waals surface area contributed by atoms with Crippen LogP contribution in [0.4, 0.5) is 17.6 Å². The Morgan fingerprint density at radius 1 is 1.31 bits per heavy atom.